The van der Waals surface area contributed by atoms with E-state index < -0.39 is 0 Å². The molecule has 1 N–H and O–H groups in total. The number of aryl methyl sites for hydroxylation is 1. The number of hydrogen-bond donors (Lipinski definition) is 1. The molecule has 0 atom stereocenters. The first-order valence-corrected chi connectivity index (χ1v) is 6.60. The second kappa shape index (κ2) is 6.25. The van der Waals surface area contributed by atoms with Gasteiger partial charge in [0.05, 0.1) is 0 Å². The molecular formula is C11H14Br2N2O. The van der Waals surface area contributed by atoms with Gasteiger partial charge in [-0.1, -0.05) is 29.4 Å². The molecule has 1 rings (SSSR count). The highest BCUT2D eigenvalue weighted by Gasteiger charge is 2.11. The van der Waals surface area contributed by atoms with Crippen LogP contribution in [0.2, 0.25) is 0 Å². The molecule has 0 spiro atoms. The quantitative estimate of drug-likeness (QED) is 0.869. The van der Waals surface area contributed by atoms with E-state index in [-0.39, 0.29) is 5.91 Å². The van der Waals surface area contributed by atoms with Crippen molar-refractivity contribution in [3.05, 3.63) is 33.5 Å². The maximum absolute atomic E-state index is 11.8. The van der Waals surface area contributed by atoms with Crippen molar-refractivity contribution in [3.8, 4) is 0 Å². The Kier molecular flexibility index (Phi) is 5.28. The summed E-state index contributed by atoms with van der Waals surface area (Å²) in [6, 6.07) is 1.82. The van der Waals surface area contributed by atoms with Crippen LogP contribution in [0.1, 0.15) is 23.8 Å². The fourth-order valence-corrected chi connectivity index (χ4v) is 1.96. The van der Waals surface area contributed by atoms with E-state index in [0.717, 1.165) is 21.9 Å². The predicted molar refractivity (Wildman–Crippen MR) is 72.8 cm³/mol. The molecule has 1 aromatic heterocycles. The number of aromatic nitrogens is 1. The second-order valence-corrected chi connectivity index (χ2v) is 5.47. The lowest BCUT2D eigenvalue weighted by Gasteiger charge is -2.07. The average molecular weight is 350 g/mol. The minimum atomic E-state index is -0.0836. The highest BCUT2D eigenvalue weighted by molar-refractivity contribution is 9.11. The van der Waals surface area contributed by atoms with Crippen LogP contribution in [-0.2, 0) is 6.54 Å². The van der Waals surface area contributed by atoms with Crippen LogP contribution >= 0.6 is 31.9 Å². The summed E-state index contributed by atoms with van der Waals surface area (Å²) in [6.45, 7) is 7.03. The predicted octanol–water partition coefficient (Wildman–Crippen LogP) is 3.30. The molecule has 0 radical (unpaired) electrons. The molecule has 0 saturated carbocycles. The van der Waals surface area contributed by atoms with Gasteiger partial charge in [-0.15, -0.1) is 0 Å². The third-order valence-corrected chi connectivity index (χ3v) is 2.72. The van der Waals surface area contributed by atoms with Crippen LogP contribution in [0.4, 0.5) is 0 Å². The third-order valence-electron chi connectivity index (χ3n) is 2.00. The van der Waals surface area contributed by atoms with Crippen molar-refractivity contribution >= 4 is 37.8 Å². The molecule has 1 aromatic rings. The molecular weight excluding hydrogens is 336 g/mol. The Hall–Kier alpha value is -0.550. The van der Waals surface area contributed by atoms with Crippen LogP contribution in [0.15, 0.2) is 27.8 Å². The van der Waals surface area contributed by atoms with Crippen molar-refractivity contribution in [1.29, 1.82) is 0 Å². The molecule has 0 aliphatic rings. The highest BCUT2D eigenvalue weighted by atomic mass is 79.9. The van der Waals surface area contributed by atoms with Gasteiger partial charge in [0.15, 0.2) is 0 Å². The number of amides is 1. The Balaban J connectivity index is 2.77. The molecule has 0 aromatic carbocycles. The van der Waals surface area contributed by atoms with E-state index in [2.05, 4.69) is 50.7 Å². The summed E-state index contributed by atoms with van der Waals surface area (Å²) in [6.07, 6.45) is 2.91. The normalized spacial score (nSPS) is 10.2. The molecule has 0 fully saturated rings. The minimum Gasteiger partial charge on any atom is -0.346 e. The number of carbonyl (C=O) groups is 1. The maximum atomic E-state index is 11.8. The smallest absolute Gasteiger partial charge is 0.268 e. The number of halogens is 2. The van der Waals surface area contributed by atoms with Gasteiger partial charge in [-0.25, -0.2) is 0 Å². The van der Waals surface area contributed by atoms with E-state index in [0.29, 0.717) is 12.2 Å². The molecule has 0 bridgehead atoms. The van der Waals surface area contributed by atoms with E-state index in [1.165, 1.54) is 0 Å². The molecule has 1 amide bonds. The van der Waals surface area contributed by atoms with Crippen LogP contribution < -0.4 is 5.32 Å². The van der Waals surface area contributed by atoms with Crippen molar-refractivity contribution in [3.63, 3.8) is 0 Å². The van der Waals surface area contributed by atoms with Crippen molar-refractivity contribution in [2.45, 2.75) is 19.9 Å². The summed E-state index contributed by atoms with van der Waals surface area (Å²) < 4.78 is 3.62. The second-order valence-electron chi connectivity index (χ2n) is 3.44. The number of rotatable bonds is 5. The number of nitrogens with one attached hydrogen (secondary N) is 1. The van der Waals surface area contributed by atoms with Crippen LogP contribution in [0.5, 0.6) is 0 Å². The first-order chi connectivity index (χ1) is 7.54. The summed E-state index contributed by atoms with van der Waals surface area (Å²) in [7, 11) is 0. The van der Waals surface area contributed by atoms with E-state index in [1.54, 1.807) is 0 Å². The number of nitrogens with zero attached hydrogens (tertiary/aromatic N) is 1. The summed E-state index contributed by atoms with van der Waals surface area (Å²) in [5, 5.41) is 2.78. The molecule has 1 heterocycles. The fourth-order valence-electron chi connectivity index (χ4n) is 1.36. The standard InChI is InChI=1S/C11H14Br2N2O/c1-3-4-15-7-9(13)5-10(15)11(16)14-6-8(2)12/h5,7H,2-4,6H2,1H3,(H,14,16). The Bertz CT molecular complexity index is 399. The minimum absolute atomic E-state index is 0.0836. The molecule has 88 valence electrons. The zero-order valence-electron chi connectivity index (χ0n) is 9.09. The lowest BCUT2D eigenvalue weighted by Crippen LogP contribution is -2.26. The van der Waals surface area contributed by atoms with Gasteiger partial charge >= 0.3 is 0 Å². The van der Waals surface area contributed by atoms with E-state index in [1.807, 2.05) is 16.8 Å². The van der Waals surface area contributed by atoms with Gasteiger partial charge in [0.25, 0.3) is 5.91 Å². The third kappa shape index (κ3) is 3.79. The van der Waals surface area contributed by atoms with Gasteiger partial charge in [0.1, 0.15) is 5.69 Å². The summed E-state index contributed by atoms with van der Waals surface area (Å²) >= 11 is 6.58. The summed E-state index contributed by atoms with van der Waals surface area (Å²) in [5.74, 6) is -0.0836. The Morgan fingerprint density at radius 2 is 2.31 bits per heavy atom. The van der Waals surface area contributed by atoms with E-state index in [4.69, 9.17) is 0 Å². The molecule has 0 unspecified atom stereocenters. The van der Waals surface area contributed by atoms with E-state index >= 15 is 0 Å². The van der Waals surface area contributed by atoms with Crippen LogP contribution in [0.3, 0.4) is 0 Å². The van der Waals surface area contributed by atoms with Gasteiger partial charge in [-0.2, -0.15) is 0 Å². The largest absolute Gasteiger partial charge is 0.346 e. The maximum Gasteiger partial charge on any atom is 0.268 e. The molecule has 16 heavy (non-hydrogen) atoms. The van der Waals surface area contributed by atoms with Crippen LogP contribution in [0, 0.1) is 0 Å². The zero-order valence-corrected chi connectivity index (χ0v) is 12.3. The molecule has 0 saturated heterocycles. The van der Waals surface area contributed by atoms with Crippen molar-refractivity contribution in [2.75, 3.05) is 6.54 Å². The Labute approximate surface area is 112 Å². The van der Waals surface area contributed by atoms with Gasteiger partial charge in [0.2, 0.25) is 0 Å². The lowest BCUT2D eigenvalue weighted by molar-refractivity contribution is 0.0948. The molecule has 5 heteroatoms. The molecule has 0 aliphatic carbocycles. The summed E-state index contributed by atoms with van der Waals surface area (Å²) in [5.41, 5.74) is 0.669. The SMILES string of the molecule is C=C(Br)CNC(=O)c1cc(Br)cn1CCC. The number of hydrogen-bond acceptors (Lipinski definition) is 1. The zero-order chi connectivity index (χ0) is 12.1. The van der Waals surface area contributed by atoms with Crippen LogP contribution in [-0.4, -0.2) is 17.0 Å². The Morgan fingerprint density at radius 3 is 2.88 bits per heavy atom. The van der Waals surface area contributed by atoms with Gasteiger partial charge in [-0.3, -0.25) is 4.79 Å². The van der Waals surface area contributed by atoms with Crippen molar-refractivity contribution in [1.82, 2.24) is 9.88 Å². The van der Waals surface area contributed by atoms with Crippen LogP contribution in [0.25, 0.3) is 0 Å². The highest BCUT2D eigenvalue weighted by Crippen LogP contribution is 2.15. The average Bonchev–Trinajstić information content (AvgIpc) is 2.56. The first kappa shape index (κ1) is 13.5. The number of carbonyl (C=O) groups excluding carboxylic acids is 1. The molecule has 3 nitrogen and oxygen atoms in total. The van der Waals surface area contributed by atoms with Crippen molar-refractivity contribution < 1.29 is 4.79 Å². The van der Waals surface area contributed by atoms with Gasteiger partial charge < -0.3 is 9.88 Å². The van der Waals surface area contributed by atoms with Crippen molar-refractivity contribution in [2.24, 2.45) is 0 Å². The fraction of sp³-hybridized carbons (Fsp3) is 0.364. The monoisotopic (exact) mass is 348 g/mol. The topological polar surface area (TPSA) is 34.0 Å². The summed E-state index contributed by atoms with van der Waals surface area (Å²) in [4.78, 5) is 11.8. The first-order valence-electron chi connectivity index (χ1n) is 5.01. The lowest BCUT2D eigenvalue weighted by atomic mass is 10.3. The van der Waals surface area contributed by atoms with Gasteiger partial charge in [-0.05, 0) is 28.4 Å². The van der Waals surface area contributed by atoms with E-state index in [9.17, 15) is 4.79 Å². The van der Waals surface area contributed by atoms with Gasteiger partial charge in [0, 0.05) is 28.2 Å². The Morgan fingerprint density at radius 1 is 1.62 bits per heavy atom. The molecule has 0 aliphatic heterocycles.